The summed E-state index contributed by atoms with van der Waals surface area (Å²) in [6.45, 7) is 5.74. The Kier molecular flexibility index (Phi) is 7.84. The molecule has 0 heterocycles. The van der Waals surface area contributed by atoms with Gasteiger partial charge in [0.05, 0.1) is 0 Å². The number of amides is 1. The van der Waals surface area contributed by atoms with Crippen LogP contribution in [0, 0.1) is 0 Å². The lowest BCUT2D eigenvalue weighted by Gasteiger charge is -2.04. The van der Waals surface area contributed by atoms with Gasteiger partial charge in [-0.15, -0.1) is 6.58 Å². The van der Waals surface area contributed by atoms with Crippen molar-refractivity contribution in [3.05, 3.63) is 24.3 Å². The number of hydrazine groups is 1. The number of nitrogens with two attached hydrogens (primary N) is 1. The second kappa shape index (κ2) is 8.51. The predicted molar refractivity (Wildman–Crippen MR) is 59.4 cm³/mol. The molecular weight excluding hydrogens is 176 g/mol. The maximum absolute atomic E-state index is 11.3. The molecule has 0 saturated carbocycles. The van der Waals surface area contributed by atoms with E-state index in [1.54, 1.807) is 6.08 Å². The van der Waals surface area contributed by atoms with Gasteiger partial charge in [0.1, 0.15) is 0 Å². The molecule has 3 nitrogen and oxygen atoms in total. The molecule has 0 aromatic heterocycles. The number of carbonyl (C=O) groups is 1. The molecule has 3 heteroatoms. The number of allylic oxidation sites excluding steroid dienone is 2. The number of rotatable bonds is 7. The smallest absolute Gasteiger partial charge is 0.260 e. The molecule has 0 rings (SSSR count). The molecule has 0 aromatic carbocycles. The summed E-state index contributed by atoms with van der Waals surface area (Å²) < 4.78 is 0. The quantitative estimate of drug-likeness (QED) is 0.163. The first-order valence-electron chi connectivity index (χ1n) is 5.07. The maximum atomic E-state index is 11.3. The standard InChI is InChI=1S/C11H20N2O/c1-3-5-7-9-10(8-6-4-2)11(14)13-12/h4,8H,2-3,5-7,9,12H2,1H3,(H,13,14). The lowest BCUT2D eigenvalue weighted by molar-refractivity contribution is -0.117. The van der Waals surface area contributed by atoms with Gasteiger partial charge in [0, 0.05) is 5.57 Å². The van der Waals surface area contributed by atoms with Gasteiger partial charge in [-0.1, -0.05) is 31.9 Å². The predicted octanol–water partition coefficient (Wildman–Crippen LogP) is 2.06. The highest BCUT2D eigenvalue weighted by molar-refractivity contribution is 5.92. The Balaban J connectivity index is 4.10. The zero-order valence-corrected chi connectivity index (χ0v) is 8.88. The molecule has 0 aliphatic heterocycles. The average Bonchev–Trinajstić information content (AvgIpc) is 2.22. The fourth-order valence-corrected chi connectivity index (χ4v) is 1.19. The molecule has 14 heavy (non-hydrogen) atoms. The van der Waals surface area contributed by atoms with E-state index in [4.69, 9.17) is 5.84 Å². The van der Waals surface area contributed by atoms with Crippen molar-refractivity contribution in [2.24, 2.45) is 5.84 Å². The van der Waals surface area contributed by atoms with Crippen LogP contribution in [0.3, 0.4) is 0 Å². The zero-order chi connectivity index (χ0) is 10.8. The molecule has 80 valence electrons. The summed E-state index contributed by atoms with van der Waals surface area (Å²) in [4.78, 5) is 11.3. The van der Waals surface area contributed by atoms with Gasteiger partial charge in [-0.05, 0) is 19.3 Å². The van der Waals surface area contributed by atoms with Crippen LogP contribution < -0.4 is 11.3 Å². The van der Waals surface area contributed by atoms with E-state index in [0.717, 1.165) is 37.7 Å². The summed E-state index contributed by atoms with van der Waals surface area (Å²) in [5.41, 5.74) is 2.92. The first-order chi connectivity index (χ1) is 6.76. The average molecular weight is 196 g/mol. The van der Waals surface area contributed by atoms with E-state index in [-0.39, 0.29) is 5.91 Å². The first-order valence-corrected chi connectivity index (χ1v) is 5.07. The van der Waals surface area contributed by atoms with Crippen molar-refractivity contribution >= 4 is 5.91 Å². The Bertz CT molecular complexity index is 209. The Hall–Kier alpha value is -1.09. The Labute approximate surface area is 86.0 Å². The third-order valence-electron chi connectivity index (χ3n) is 2.00. The van der Waals surface area contributed by atoms with Gasteiger partial charge in [0.2, 0.25) is 0 Å². The van der Waals surface area contributed by atoms with Crippen molar-refractivity contribution in [3.8, 4) is 0 Å². The van der Waals surface area contributed by atoms with Gasteiger partial charge >= 0.3 is 0 Å². The van der Waals surface area contributed by atoms with Crippen LogP contribution in [0.25, 0.3) is 0 Å². The second-order valence-corrected chi connectivity index (χ2v) is 3.18. The fourth-order valence-electron chi connectivity index (χ4n) is 1.19. The molecule has 0 atom stereocenters. The summed E-state index contributed by atoms with van der Waals surface area (Å²) in [6, 6.07) is 0. The fraction of sp³-hybridized carbons (Fsp3) is 0.545. The van der Waals surface area contributed by atoms with E-state index in [1.165, 1.54) is 0 Å². The molecular formula is C11H20N2O. The number of hydrogen-bond donors (Lipinski definition) is 2. The summed E-state index contributed by atoms with van der Waals surface area (Å²) in [6.07, 6.45) is 8.49. The molecule has 0 aliphatic rings. The topological polar surface area (TPSA) is 55.1 Å². The van der Waals surface area contributed by atoms with Crippen molar-refractivity contribution in [1.29, 1.82) is 0 Å². The highest BCUT2D eigenvalue weighted by atomic mass is 16.2. The van der Waals surface area contributed by atoms with E-state index < -0.39 is 0 Å². The van der Waals surface area contributed by atoms with E-state index in [0.29, 0.717) is 0 Å². The lowest BCUT2D eigenvalue weighted by atomic mass is 10.1. The van der Waals surface area contributed by atoms with Gasteiger partial charge in [-0.25, -0.2) is 5.84 Å². The molecule has 0 aromatic rings. The lowest BCUT2D eigenvalue weighted by Crippen LogP contribution is -2.31. The van der Waals surface area contributed by atoms with Crippen LogP contribution >= 0.6 is 0 Å². The largest absolute Gasteiger partial charge is 0.290 e. The molecule has 0 fully saturated rings. The third kappa shape index (κ3) is 5.54. The Morgan fingerprint density at radius 2 is 2.21 bits per heavy atom. The van der Waals surface area contributed by atoms with Crippen LogP contribution in [0.1, 0.15) is 39.0 Å². The van der Waals surface area contributed by atoms with E-state index in [1.807, 2.05) is 6.08 Å². The normalized spacial score (nSPS) is 11.1. The first kappa shape index (κ1) is 12.9. The maximum Gasteiger partial charge on any atom is 0.260 e. The molecule has 0 unspecified atom stereocenters. The van der Waals surface area contributed by atoms with E-state index in [9.17, 15) is 4.79 Å². The minimum atomic E-state index is -0.178. The summed E-state index contributed by atoms with van der Waals surface area (Å²) in [5, 5.41) is 0. The molecule has 0 spiro atoms. The number of hydrogen-bond acceptors (Lipinski definition) is 2. The van der Waals surface area contributed by atoms with E-state index >= 15 is 0 Å². The van der Waals surface area contributed by atoms with Gasteiger partial charge < -0.3 is 0 Å². The monoisotopic (exact) mass is 196 g/mol. The highest BCUT2D eigenvalue weighted by Gasteiger charge is 2.05. The molecule has 3 N–H and O–H groups in total. The highest BCUT2D eigenvalue weighted by Crippen LogP contribution is 2.09. The molecule has 0 radical (unpaired) electrons. The second-order valence-electron chi connectivity index (χ2n) is 3.18. The molecule has 1 amide bonds. The number of carbonyl (C=O) groups excluding carboxylic acids is 1. The van der Waals surface area contributed by atoms with Crippen molar-refractivity contribution < 1.29 is 4.79 Å². The summed E-state index contributed by atoms with van der Waals surface area (Å²) in [7, 11) is 0. The molecule has 0 aliphatic carbocycles. The third-order valence-corrected chi connectivity index (χ3v) is 2.00. The Morgan fingerprint density at radius 1 is 1.50 bits per heavy atom. The SMILES string of the molecule is C=CCC=C(CCCCC)C(=O)NN. The van der Waals surface area contributed by atoms with Crippen LogP contribution in [0.5, 0.6) is 0 Å². The van der Waals surface area contributed by atoms with Crippen LogP contribution in [0.4, 0.5) is 0 Å². The summed E-state index contributed by atoms with van der Waals surface area (Å²) >= 11 is 0. The van der Waals surface area contributed by atoms with Crippen molar-refractivity contribution in [2.75, 3.05) is 0 Å². The summed E-state index contributed by atoms with van der Waals surface area (Å²) in [5.74, 6) is 4.90. The minimum absolute atomic E-state index is 0.178. The van der Waals surface area contributed by atoms with Crippen molar-refractivity contribution in [3.63, 3.8) is 0 Å². The van der Waals surface area contributed by atoms with Crippen molar-refractivity contribution in [1.82, 2.24) is 5.43 Å². The Morgan fingerprint density at radius 3 is 2.71 bits per heavy atom. The van der Waals surface area contributed by atoms with E-state index in [2.05, 4.69) is 18.9 Å². The molecule has 0 saturated heterocycles. The van der Waals surface area contributed by atoms with Crippen LogP contribution in [0.15, 0.2) is 24.3 Å². The zero-order valence-electron chi connectivity index (χ0n) is 8.88. The van der Waals surface area contributed by atoms with Crippen LogP contribution in [-0.2, 0) is 4.79 Å². The number of unbranched alkanes of at least 4 members (excludes halogenated alkanes) is 2. The van der Waals surface area contributed by atoms with Crippen LogP contribution in [0.2, 0.25) is 0 Å². The van der Waals surface area contributed by atoms with Gasteiger partial charge in [0.15, 0.2) is 0 Å². The van der Waals surface area contributed by atoms with Gasteiger partial charge in [-0.2, -0.15) is 0 Å². The molecule has 0 bridgehead atoms. The minimum Gasteiger partial charge on any atom is -0.290 e. The van der Waals surface area contributed by atoms with Crippen LogP contribution in [-0.4, -0.2) is 5.91 Å². The van der Waals surface area contributed by atoms with Gasteiger partial charge in [0.25, 0.3) is 5.91 Å². The number of nitrogens with one attached hydrogen (secondary N) is 1. The van der Waals surface area contributed by atoms with Gasteiger partial charge in [-0.3, -0.25) is 10.2 Å². The van der Waals surface area contributed by atoms with Crippen molar-refractivity contribution in [2.45, 2.75) is 39.0 Å².